The van der Waals surface area contributed by atoms with Crippen molar-refractivity contribution in [1.29, 1.82) is 0 Å². The lowest BCUT2D eigenvalue weighted by atomic mass is 10.1. The molecule has 6 nitrogen and oxygen atoms in total. The largest absolute Gasteiger partial charge is 0.465 e. The number of fused-ring (bicyclic) bond motifs is 1. The number of esters is 1. The first-order valence-corrected chi connectivity index (χ1v) is 6.46. The van der Waals surface area contributed by atoms with Crippen molar-refractivity contribution in [3.8, 4) is 11.3 Å². The van der Waals surface area contributed by atoms with Gasteiger partial charge in [-0.2, -0.15) is 0 Å². The molecule has 0 radical (unpaired) electrons. The van der Waals surface area contributed by atoms with Crippen LogP contribution >= 0.6 is 0 Å². The summed E-state index contributed by atoms with van der Waals surface area (Å²) >= 11 is 0. The van der Waals surface area contributed by atoms with Gasteiger partial charge in [0, 0.05) is 23.1 Å². The standard InChI is InChI=1S/C16H11NO5/c1-21-16(18)13-9-12(17(19)20)7-11-8-14(22-15(11)13)10-5-3-2-4-6-10/h2-9H,1H3. The number of hydrogen-bond acceptors (Lipinski definition) is 5. The number of carbonyl (C=O) groups excluding carboxylic acids is 1. The van der Waals surface area contributed by atoms with Crippen LogP contribution in [0.2, 0.25) is 0 Å². The van der Waals surface area contributed by atoms with E-state index < -0.39 is 10.9 Å². The van der Waals surface area contributed by atoms with Gasteiger partial charge in [0.25, 0.3) is 5.69 Å². The Morgan fingerprint density at radius 1 is 1.18 bits per heavy atom. The zero-order chi connectivity index (χ0) is 15.7. The Morgan fingerprint density at radius 3 is 2.55 bits per heavy atom. The third kappa shape index (κ3) is 2.31. The first kappa shape index (κ1) is 13.8. The fourth-order valence-electron chi connectivity index (χ4n) is 2.25. The Bertz CT molecular complexity index is 867. The van der Waals surface area contributed by atoms with Crippen LogP contribution < -0.4 is 0 Å². The molecule has 0 bridgehead atoms. The molecule has 0 saturated carbocycles. The van der Waals surface area contributed by atoms with E-state index in [0.717, 1.165) is 11.6 Å². The number of nitrogens with zero attached hydrogens (tertiary/aromatic N) is 1. The molecule has 1 aromatic heterocycles. The summed E-state index contributed by atoms with van der Waals surface area (Å²) in [5.74, 6) is -0.149. The topological polar surface area (TPSA) is 82.6 Å². The molecule has 0 unspecified atom stereocenters. The van der Waals surface area contributed by atoms with Crippen LogP contribution in [0.3, 0.4) is 0 Å². The van der Waals surface area contributed by atoms with Gasteiger partial charge in [0.15, 0.2) is 0 Å². The van der Waals surface area contributed by atoms with E-state index in [-0.39, 0.29) is 16.8 Å². The van der Waals surface area contributed by atoms with Crippen molar-refractivity contribution < 1.29 is 18.9 Å². The summed E-state index contributed by atoms with van der Waals surface area (Å²) in [6, 6.07) is 13.5. The molecule has 0 amide bonds. The number of methoxy groups -OCH3 is 1. The van der Waals surface area contributed by atoms with Crippen LogP contribution in [0.25, 0.3) is 22.3 Å². The Balaban J connectivity index is 2.26. The molecule has 0 fully saturated rings. The van der Waals surface area contributed by atoms with Gasteiger partial charge in [0.1, 0.15) is 16.9 Å². The molecule has 22 heavy (non-hydrogen) atoms. The number of non-ortho nitro benzene ring substituents is 1. The van der Waals surface area contributed by atoms with Gasteiger partial charge in [-0.15, -0.1) is 0 Å². The summed E-state index contributed by atoms with van der Waals surface area (Å²) in [7, 11) is 1.22. The van der Waals surface area contributed by atoms with Gasteiger partial charge in [-0.3, -0.25) is 10.1 Å². The number of nitro groups is 1. The van der Waals surface area contributed by atoms with Gasteiger partial charge in [-0.1, -0.05) is 30.3 Å². The fraction of sp³-hybridized carbons (Fsp3) is 0.0625. The molecule has 0 aliphatic rings. The minimum Gasteiger partial charge on any atom is -0.465 e. The van der Waals surface area contributed by atoms with Crippen LogP contribution in [-0.2, 0) is 4.74 Å². The molecule has 6 heteroatoms. The van der Waals surface area contributed by atoms with Gasteiger partial charge in [0.05, 0.1) is 12.0 Å². The summed E-state index contributed by atoms with van der Waals surface area (Å²) < 4.78 is 10.4. The van der Waals surface area contributed by atoms with Crippen molar-refractivity contribution in [2.75, 3.05) is 7.11 Å². The number of benzene rings is 2. The highest BCUT2D eigenvalue weighted by molar-refractivity contribution is 6.04. The predicted octanol–water partition coefficient (Wildman–Crippen LogP) is 3.79. The maximum absolute atomic E-state index is 11.8. The van der Waals surface area contributed by atoms with Crippen LogP contribution in [0.15, 0.2) is 52.9 Å². The first-order chi connectivity index (χ1) is 10.6. The lowest BCUT2D eigenvalue weighted by Gasteiger charge is -2.00. The van der Waals surface area contributed by atoms with Crippen LogP contribution in [0, 0.1) is 10.1 Å². The molecule has 0 aliphatic heterocycles. The highest BCUT2D eigenvalue weighted by atomic mass is 16.6. The predicted molar refractivity (Wildman–Crippen MR) is 79.6 cm³/mol. The number of rotatable bonds is 3. The molecule has 1 heterocycles. The first-order valence-electron chi connectivity index (χ1n) is 6.46. The second-order valence-electron chi connectivity index (χ2n) is 4.64. The van der Waals surface area contributed by atoms with Crippen LogP contribution in [0.4, 0.5) is 5.69 Å². The molecule has 0 saturated heterocycles. The normalized spacial score (nSPS) is 10.6. The second kappa shape index (κ2) is 5.33. The Kier molecular flexibility index (Phi) is 3.34. The third-order valence-electron chi connectivity index (χ3n) is 3.28. The van der Waals surface area contributed by atoms with E-state index in [9.17, 15) is 14.9 Å². The van der Waals surface area contributed by atoms with E-state index >= 15 is 0 Å². The number of carbonyl (C=O) groups is 1. The Hall–Kier alpha value is -3.15. The smallest absolute Gasteiger partial charge is 0.341 e. The molecule has 2 aromatic carbocycles. The molecule has 0 N–H and O–H groups in total. The van der Waals surface area contributed by atoms with E-state index in [2.05, 4.69) is 4.74 Å². The summed E-state index contributed by atoms with van der Waals surface area (Å²) in [4.78, 5) is 22.3. The van der Waals surface area contributed by atoms with E-state index in [0.29, 0.717) is 11.1 Å². The highest BCUT2D eigenvalue weighted by Gasteiger charge is 2.21. The number of furan rings is 1. The monoisotopic (exact) mass is 297 g/mol. The van der Waals surface area contributed by atoms with Gasteiger partial charge in [-0.05, 0) is 6.07 Å². The van der Waals surface area contributed by atoms with Gasteiger partial charge >= 0.3 is 5.97 Å². The second-order valence-corrected chi connectivity index (χ2v) is 4.64. The molecular formula is C16H11NO5. The van der Waals surface area contributed by atoms with Crippen molar-refractivity contribution in [1.82, 2.24) is 0 Å². The quantitative estimate of drug-likeness (QED) is 0.417. The summed E-state index contributed by atoms with van der Waals surface area (Å²) in [5, 5.41) is 11.5. The van der Waals surface area contributed by atoms with Crippen molar-refractivity contribution in [3.05, 3.63) is 64.2 Å². The summed E-state index contributed by atoms with van der Waals surface area (Å²) in [5.41, 5.74) is 0.940. The molecule has 0 aliphatic carbocycles. The minimum atomic E-state index is -0.678. The van der Waals surface area contributed by atoms with E-state index in [4.69, 9.17) is 4.42 Å². The molecular weight excluding hydrogens is 286 g/mol. The maximum atomic E-state index is 11.8. The van der Waals surface area contributed by atoms with Crippen LogP contribution in [0.5, 0.6) is 0 Å². The van der Waals surface area contributed by atoms with Crippen molar-refractivity contribution >= 4 is 22.6 Å². The number of nitro benzene ring substituents is 1. The lowest BCUT2D eigenvalue weighted by Crippen LogP contribution is -2.02. The highest BCUT2D eigenvalue weighted by Crippen LogP contribution is 2.33. The lowest BCUT2D eigenvalue weighted by molar-refractivity contribution is -0.384. The zero-order valence-corrected chi connectivity index (χ0v) is 11.6. The van der Waals surface area contributed by atoms with E-state index in [1.165, 1.54) is 13.2 Å². The average Bonchev–Trinajstić information content (AvgIpc) is 2.98. The van der Waals surface area contributed by atoms with Crippen LogP contribution in [-0.4, -0.2) is 18.0 Å². The van der Waals surface area contributed by atoms with E-state index in [1.807, 2.05) is 30.3 Å². The van der Waals surface area contributed by atoms with Crippen molar-refractivity contribution in [2.45, 2.75) is 0 Å². The average molecular weight is 297 g/mol. The van der Waals surface area contributed by atoms with E-state index in [1.54, 1.807) is 6.07 Å². The van der Waals surface area contributed by atoms with Crippen LogP contribution in [0.1, 0.15) is 10.4 Å². The minimum absolute atomic E-state index is 0.0360. The van der Waals surface area contributed by atoms with Gasteiger partial charge < -0.3 is 9.15 Å². The third-order valence-corrected chi connectivity index (χ3v) is 3.28. The maximum Gasteiger partial charge on any atom is 0.341 e. The molecule has 3 rings (SSSR count). The van der Waals surface area contributed by atoms with Gasteiger partial charge in [-0.25, -0.2) is 4.79 Å². The molecule has 0 spiro atoms. The molecule has 110 valence electrons. The number of ether oxygens (including phenoxy) is 1. The number of hydrogen-bond donors (Lipinski definition) is 0. The molecule has 3 aromatic rings. The SMILES string of the molecule is COC(=O)c1cc([N+](=O)[O-])cc2cc(-c3ccccc3)oc12. The van der Waals surface area contributed by atoms with Gasteiger partial charge in [0.2, 0.25) is 0 Å². The zero-order valence-electron chi connectivity index (χ0n) is 11.6. The van der Waals surface area contributed by atoms with Crippen molar-refractivity contribution in [2.24, 2.45) is 0 Å². The fourth-order valence-corrected chi connectivity index (χ4v) is 2.25. The molecule has 0 atom stereocenters. The van der Waals surface area contributed by atoms with Crippen molar-refractivity contribution in [3.63, 3.8) is 0 Å². The summed E-state index contributed by atoms with van der Waals surface area (Å²) in [6.07, 6.45) is 0. The Morgan fingerprint density at radius 2 is 1.91 bits per heavy atom. The Labute approximate surface area is 125 Å². The summed E-state index contributed by atoms with van der Waals surface area (Å²) in [6.45, 7) is 0.